The summed E-state index contributed by atoms with van der Waals surface area (Å²) in [6.07, 6.45) is 0.820. The first-order valence-corrected chi connectivity index (χ1v) is 12.4. The van der Waals surface area contributed by atoms with Gasteiger partial charge in [-0.25, -0.2) is 9.69 Å². The van der Waals surface area contributed by atoms with Gasteiger partial charge in [0.1, 0.15) is 19.3 Å². The molecule has 2 aromatic rings. The van der Waals surface area contributed by atoms with Gasteiger partial charge in [-0.15, -0.1) is 0 Å². The van der Waals surface area contributed by atoms with Gasteiger partial charge in [-0.1, -0.05) is 60.7 Å². The quantitative estimate of drug-likeness (QED) is 0.242. The lowest BCUT2D eigenvalue weighted by Crippen LogP contribution is -2.54. The van der Waals surface area contributed by atoms with E-state index in [9.17, 15) is 19.2 Å². The molecule has 10 heteroatoms. The summed E-state index contributed by atoms with van der Waals surface area (Å²) in [5, 5.41) is 2.71. The molecule has 1 atom stereocenters. The van der Waals surface area contributed by atoms with Crippen molar-refractivity contribution in [2.45, 2.75) is 51.4 Å². The molecule has 2 aromatic carbocycles. The van der Waals surface area contributed by atoms with Gasteiger partial charge in [-0.3, -0.25) is 14.4 Å². The fourth-order valence-electron chi connectivity index (χ4n) is 3.52. The number of nitrogens with two attached hydrogens (primary N) is 2. The number of nitrogens with zero attached hydrogens (tertiary/aromatic N) is 1. The van der Waals surface area contributed by atoms with Crippen LogP contribution in [0, 0.1) is 0 Å². The number of ether oxygens (including phenoxy) is 2. The van der Waals surface area contributed by atoms with E-state index in [2.05, 4.69) is 5.32 Å². The van der Waals surface area contributed by atoms with E-state index in [4.69, 9.17) is 20.9 Å². The molecular weight excluding hydrogens is 476 g/mol. The highest BCUT2D eigenvalue weighted by Crippen LogP contribution is 2.14. The molecular formula is C27H36N4O6. The van der Waals surface area contributed by atoms with Crippen LogP contribution in [0.2, 0.25) is 0 Å². The maximum Gasteiger partial charge on any atom is 0.417 e. The van der Waals surface area contributed by atoms with Crippen LogP contribution in [0.4, 0.5) is 4.79 Å². The highest BCUT2D eigenvalue weighted by Gasteiger charge is 2.35. The molecule has 2 rings (SSSR count). The van der Waals surface area contributed by atoms with Crippen molar-refractivity contribution in [3.05, 3.63) is 71.8 Å². The van der Waals surface area contributed by atoms with E-state index in [0.717, 1.165) is 16.0 Å². The number of unbranched alkanes of at least 4 members (excludes halogenated alkanes) is 1. The van der Waals surface area contributed by atoms with Crippen molar-refractivity contribution < 1.29 is 28.7 Å². The third kappa shape index (κ3) is 10.8. The standard InChI is InChI=1S/C27H36N4O6/c28-16-8-7-14-23(31(24(32)18-29)27(35)37-20-22-12-5-2-6-13-22)26(34)30-17-9-15-25(33)36-19-21-10-3-1-4-11-21/h1-6,10-13,23H,7-9,14-20,28-29H2,(H,30,34)/t23-/m0/s1. The topological polar surface area (TPSA) is 154 Å². The zero-order chi connectivity index (χ0) is 26.9. The third-order valence-corrected chi connectivity index (χ3v) is 5.49. The van der Waals surface area contributed by atoms with Crippen molar-refractivity contribution in [1.82, 2.24) is 10.2 Å². The van der Waals surface area contributed by atoms with Gasteiger partial charge in [0.15, 0.2) is 0 Å². The number of carbonyl (C=O) groups excluding carboxylic acids is 4. The smallest absolute Gasteiger partial charge is 0.417 e. The van der Waals surface area contributed by atoms with Crippen LogP contribution in [-0.4, -0.2) is 54.5 Å². The Labute approximate surface area is 217 Å². The molecule has 0 spiro atoms. The molecule has 0 aliphatic rings. The molecule has 0 unspecified atom stereocenters. The van der Waals surface area contributed by atoms with Crippen molar-refractivity contribution in [2.24, 2.45) is 11.5 Å². The number of rotatable bonds is 15. The van der Waals surface area contributed by atoms with Gasteiger partial charge in [-0.2, -0.15) is 0 Å². The van der Waals surface area contributed by atoms with Gasteiger partial charge in [0, 0.05) is 13.0 Å². The molecule has 0 saturated heterocycles. The first-order chi connectivity index (χ1) is 18.0. The summed E-state index contributed by atoms with van der Waals surface area (Å²) in [5.74, 6) is -1.65. The minimum Gasteiger partial charge on any atom is -0.461 e. The summed E-state index contributed by atoms with van der Waals surface area (Å²) < 4.78 is 10.6. The lowest BCUT2D eigenvalue weighted by molar-refractivity contribution is -0.145. The fraction of sp³-hybridized carbons (Fsp3) is 0.407. The normalized spacial score (nSPS) is 11.3. The molecule has 0 radical (unpaired) electrons. The number of imide groups is 1. The third-order valence-electron chi connectivity index (χ3n) is 5.49. The lowest BCUT2D eigenvalue weighted by Gasteiger charge is -2.28. The van der Waals surface area contributed by atoms with E-state index in [-0.39, 0.29) is 38.6 Å². The van der Waals surface area contributed by atoms with Gasteiger partial charge < -0.3 is 26.3 Å². The Bertz CT molecular complexity index is 987. The largest absolute Gasteiger partial charge is 0.461 e. The number of amides is 3. The van der Waals surface area contributed by atoms with Crippen LogP contribution in [0.15, 0.2) is 60.7 Å². The summed E-state index contributed by atoms with van der Waals surface area (Å²) in [4.78, 5) is 51.3. The summed E-state index contributed by atoms with van der Waals surface area (Å²) in [6, 6.07) is 17.2. The second-order valence-corrected chi connectivity index (χ2v) is 8.35. The van der Waals surface area contributed by atoms with Crippen molar-refractivity contribution in [3.63, 3.8) is 0 Å². The van der Waals surface area contributed by atoms with Gasteiger partial charge >= 0.3 is 12.1 Å². The second kappa shape index (κ2) is 16.8. The zero-order valence-corrected chi connectivity index (χ0v) is 21.0. The number of hydrogen-bond acceptors (Lipinski definition) is 8. The molecule has 37 heavy (non-hydrogen) atoms. The Kier molecular flexibility index (Phi) is 13.4. The summed E-state index contributed by atoms with van der Waals surface area (Å²) >= 11 is 0. The van der Waals surface area contributed by atoms with Crippen LogP contribution >= 0.6 is 0 Å². The van der Waals surface area contributed by atoms with Crippen molar-refractivity contribution in [2.75, 3.05) is 19.6 Å². The van der Waals surface area contributed by atoms with E-state index in [1.54, 1.807) is 24.3 Å². The van der Waals surface area contributed by atoms with Crippen LogP contribution in [0.1, 0.15) is 43.2 Å². The van der Waals surface area contributed by atoms with E-state index in [1.807, 2.05) is 36.4 Å². The van der Waals surface area contributed by atoms with Crippen LogP contribution in [0.5, 0.6) is 0 Å². The first-order valence-electron chi connectivity index (χ1n) is 12.4. The molecule has 0 bridgehead atoms. The van der Waals surface area contributed by atoms with Gasteiger partial charge in [0.25, 0.3) is 0 Å². The maximum absolute atomic E-state index is 13.0. The number of nitrogens with one attached hydrogen (secondary N) is 1. The van der Waals surface area contributed by atoms with Crippen molar-refractivity contribution in [3.8, 4) is 0 Å². The molecule has 5 N–H and O–H groups in total. The van der Waals surface area contributed by atoms with E-state index in [0.29, 0.717) is 25.8 Å². The molecule has 0 heterocycles. The number of benzene rings is 2. The van der Waals surface area contributed by atoms with E-state index >= 15 is 0 Å². The molecule has 0 aromatic heterocycles. The average Bonchev–Trinajstić information content (AvgIpc) is 2.93. The molecule has 200 valence electrons. The van der Waals surface area contributed by atoms with E-state index < -0.39 is 30.5 Å². The Hall–Kier alpha value is -3.76. The van der Waals surface area contributed by atoms with Crippen LogP contribution in [0.25, 0.3) is 0 Å². The first kappa shape index (κ1) is 29.5. The van der Waals surface area contributed by atoms with Crippen LogP contribution < -0.4 is 16.8 Å². The second-order valence-electron chi connectivity index (χ2n) is 8.35. The fourth-order valence-corrected chi connectivity index (χ4v) is 3.52. The van der Waals surface area contributed by atoms with Crippen molar-refractivity contribution >= 4 is 23.9 Å². The highest BCUT2D eigenvalue weighted by molar-refractivity contribution is 5.98. The molecule has 3 amide bonds. The SMILES string of the molecule is NCCCC[C@@H](C(=O)NCCCC(=O)OCc1ccccc1)N(C(=O)CN)C(=O)OCc1ccccc1. The predicted molar refractivity (Wildman–Crippen MR) is 138 cm³/mol. The molecule has 0 saturated carbocycles. The Balaban J connectivity index is 1.93. The Morgan fingerprint density at radius 3 is 1.97 bits per heavy atom. The van der Waals surface area contributed by atoms with E-state index in [1.165, 1.54) is 0 Å². The Morgan fingerprint density at radius 2 is 1.41 bits per heavy atom. The average molecular weight is 513 g/mol. The number of esters is 1. The number of hydrogen-bond donors (Lipinski definition) is 3. The van der Waals surface area contributed by atoms with Gasteiger partial charge in [0.05, 0.1) is 6.54 Å². The Morgan fingerprint density at radius 1 is 0.811 bits per heavy atom. The van der Waals surface area contributed by atoms with Crippen LogP contribution in [0.3, 0.4) is 0 Å². The zero-order valence-electron chi connectivity index (χ0n) is 21.0. The highest BCUT2D eigenvalue weighted by atomic mass is 16.6. The molecule has 10 nitrogen and oxygen atoms in total. The van der Waals surface area contributed by atoms with Gasteiger partial charge in [-0.05, 0) is 43.4 Å². The van der Waals surface area contributed by atoms with Gasteiger partial charge in [0.2, 0.25) is 11.8 Å². The lowest BCUT2D eigenvalue weighted by atomic mass is 10.1. The summed E-state index contributed by atoms with van der Waals surface area (Å²) in [5.41, 5.74) is 12.7. The molecule has 0 fully saturated rings. The monoisotopic (exact) mass is 512 g/mol. The summed E-state index contributed by atoms with van der Waals surface area (Å²) in [7, 11) is 0. The minimum absolute atomic E-state index is 0.0593. The minimum atomic E-state index is -1.11. The van der Waals surface area contributed by atoms with Crippen molar-refractivity contribution in [1.29, 1.82) is 0 Å². The molecule has 0 aliphatic carbocycles. The number of carbonyl (C=O) groups is 4. The maximum atomic E-state index is 13.0. The van der Waals surface area contributed by atoms with Crippen LogP contribution in [-0.2, 0) is 37.1 Å². The molecule has 0 aliphatic heterocycles. The summed E-state index contributed by atoms with van der Waals surface area (Å²) in [6.45, 7) is 0.222. The predicted octanol–water partition coefficient (Wildman–Crippen LogP) is 2.25.